The van der Waals surface area contributed by atoms with Crippen LogP contribution in [0.2, 0.25) is 0 Å². The Morgan fingerprint density at radius 1 is 1.67 bits per heavy atom. The van der Waals surface area contributed by atoms with Gasteiger partial charge in [-0.25, -0.2) is 4.79 Å². The lowest BCUT2D eigenvalue weighted by atomic mass is 9.92. The molecule has 0 bridgehead atoms. The molecule has 12 heavy (non-hydrogen) atoms. The summed E-state index contributed by atoms with van der Waals surface area (Å²) in [4.78, 5) is 10.7. The van der Waals surface area contributed by atoms with Crippen LogP contribution in [0.25, 0.3) is 0 Å². The maximum absolute atomic E-state index is 10.7. The van der Waals surface area contributed by atoms with E-state index in [0.717, 1.165) is 25.9 Å². The van der Waals surface area contributed by atoms with Gasteiger partial charge in [0.25, 0.3) is 0 Å². The van der Waals surface area contributed by atoms with Crippen LogP contribution < -0.4 is 5.32 Å². The first-order valence-corrected chi connectivity index (χ1v) is 4.09. The molecule has 1 atom stereocenters. The molecule has 0 amide bonds. The van der Waals surface area contributed by atoms with E-state index in [4.69, 9.17) is 5.11 Å². The summed E-state index contributed by atoms with van der Waals surface area (Å²) in [6, 6.07) is 0. The lowest BCUT2D eigenvalue weighted by molar-refractivity contribution is -0.133. The molecule has 1 fully saturated rings. The molecule has 0 spiro atoms. The Labute approximate surface area is 71.8 Å². The Morgan fingerprint density at radius 2 is 2.42 bits per heavy atom. The zero-order chi connectivity index (χ0) is 8.97. The van der Waals surface area contributed by atoms with Crippen molar-refractivity contribution in [2.24, 2.45) is 5.92 Å². The number of rotatable bonds is 2. The molecule has 0 aromatic carbocycles. The normalized spacial score (nSPS) is 22.8. The van der Waals surface area contributed by atoms with Crippen LogP contribution in [0.4, 0.5) is 0 Å². The molecule has 0 aromatic heterocycles. The van der Waals surface area contributed by atoms with E-state index in [-0.39, 0.29) is 5.92 Å². The highest BCUT2D eigenvalue weighted by molar-refractivity contribution is 5.86. The molecule has 0 aliphatic carbocycles. The van der Waals surface area contributed by atoms with Crippen molar-refractivity contribution in [3.8, 4) is 0 Å². The molecule has 2 N–H and O–H groups in total. The first kappa shape index (κ1) is 9.04. The second-order valence-corrected chi connectivity index (χ2v) is 2.94. The number of carbonyl (C=O) groups is 1. The lowest BCUT2D eigenvalue weighted by Gasteiger charge is -2.21. The predicted molar refractivity (Wildman–Crippen MR) is 45.9 cm³/mol. The van der Waals surface area contributed by atoms with E-state index in [0.29, 0.717) is 5.57 Å². The molecule has 1 aliphatic heterocycles. The van der Waals surface area contributed by atoms with Crippen LogP contribution in [0.1, 0.15) is 12.8 Å². The van der Waals surface area contributed by atoms with Crippen LogP contribution in [0.15, 0.2) is 17.9 Å². The van der Waals surface area contributed by atoms with Gasteiger partial charge in [-0.1, -0.05) is 6.58 Å². The van der Waals surface area contributed by atoms with Gasteiger partial charge in [-0.15, -0.1) is 5.73 Å². The second-order valence-electron chi connectivity index (χ2n) is 2.94. The van der Waals surface area contributed by atoms with Gasteiger partial charge in [-0.2, -0.15) is 0 Å². The van der Waals surface area contributed by atoms with E-state index in [1.165, 1.54) is 0 Å². The third-order valence-corrected chi connectivity index (χ3v) is 2.13. The Bertz CT molecular complexity index is 223. The quantitative estimate of drug-likeness (QED) is 0.472. The summed E-state index contributed by atoms with van der Waals surface area (Å²) in [6.07, 6.45) is 1.96. The minimum absolute atomic E-state index is 0.0914. The first-order chi connectivity index (χ1) is 5.75. The van der Waals surface area contributed by atoms with Gasteiger partial charge in [0.1, 0.15) is 0 Å². The van der Waals surface area contributed by atoms with E-state index in [1.807, 2.05) is 0 Å². The molecule has 0 radical (unpaired) electrons. The fraction of sp³-hybridized carbons (Fsp3) is 0.556. The first-order valence-electron chi connectivity index (χ1n) is 4.09. The summed E-state index contributed by atoms with van der Waals surface area (Å²) in [7, 11) is 0. The molecular weight excluding hydrogens is 154 g/mol. The Balaban J connectivity index is 2.65. The molecule has 1 aliphatic rings. The number of hydrogen-bond acceptors (Lipinski definition) is 2. The van der Waals surface area contributed by atoms with Crippen LogP contribution >= 0.6 is 0 Å². The van der Waals surface area contributed by atoms with Crippen LogP contribution in [0.3, 0.4) is 0 Å². The zero-order valence-electron chi connectivity index (χ0n) is 6.97. The third-order valence-electron chi connectivity index (χ3n) is 2.13. The van der Waals surface area contributed by atoms with E-state index in [9.17, 15) is 4.79 Å². The van der Waals surface area contributed by atoms with Crippen molar-refractivity contribution >= 4 is 5.97 Å². The number of carboxylic acid groups (broad SMARTS) is 1. The summed E-state index contributed by atoms with van der Waals surface area (Å²) < 4.78 is 0. The average Bonchev–Trinajstić information content (AvgIpc) is 2.07. The van der Waals surface area contributed by atoms with Crippen LogP contribution in [-0.2, 0) is 4.79 Å². The van der Waals surface area contributed by atoms with Crippen molar-refractivity contribution in [3.63, 3.8) is 0 Å². The standard InChI is InChI=1S/C9H13NO2/c1-2-8(9(11)12)7-4-3-5-10-6-7/h7,10H,1,3-6H2,(H,11,12). The molecule has 3 heteroatoms. The van der Waals surface area contributed by atoms with Gasteiger partial charge in [0, 0.05) is 12.5 Å². The van der Waals surface area contributed by atoms with Crippen LogP contribution in [-0.4, -0.2) is 24.2 Å². The molecule has 3 nitrogen and oxygen atoms in total. The molecule has 1 rings (SSSR count). The average molecular weight is 167 g/mol. The highest BCUT2D eigenvalue weighted by atomic mass is 16.4. The van der Waals surface area contributed by atoms with Crippen molar-refractivity contribution in [3.05, 3.63) is 17.9 Å². The van der Waals surface area contributed by atoms with Crippen LogP contribution in [0.5, 0.6) is 0 Å². The van der Waals surface area contributed by atoms with Crippen molar-refractivity contribution in [1.29, 1.82) is 0 Å². The van der Waals surface area contributed by atoms with Crippen LogP contribution in [0, 0.1) is 5.92 Å². The summed E-state index contributed by atoms with van der Waals surface area (Å²) in [5.41, 5.74) is 2.82. The topological polar surface area (TPSA) is 49.3 Å². The monoisotopic (exact) mass is 167 g/mol. The molecular formula is C9H13NO2. The second kappa shape index (κ2) is 4.10. The van der Waals surface area contributed by atoms with E-state index >= 15 is 0 Å². The van der Waals surface area contributed by atoms with E-state index < -0.39 is 5.97 Å². The SMILES string of the molecule is C=C=C(C(=O)O)C1CCCNC1. The van der Waals surface area contributed by atoms with Crippen molar-refractivity contribution < 1.29 is 9.90 Å². The molecule has 1 heterocycles. The highest BCUT2D eigenvalue weighted by Gasteiger charge is 2.21. The van der Waals surface area contributed by atoms with E-state index in [2.05, 4.69) is 17.6 Å². The number of hydrogen-bond donors (Lipinski definition) is 2. The molecule has 0 aromatic rings. The Kier molecular flexibility index (Phi) is 3.09. The minimum Gasteiger partial charge on any atom is -0.477 e. The predicted octanol–water partition coefficient (Wildman–Crippen LogP) is 0.782. The summed E-state index contributed by atoms with van der Waals surface area (Å²) in [5.74, 6) is -0.799. The number of aliphatic carboxylic acids is 1. The van der Waals surface area contributed by atoms with E-state index in [1.54, 1.807) is 0 Å². The fourth-order valence-corrected chi connectivity index (χ4v) is 1.49. The maximum Gasteiger partial charge on any atom is 0.339 e. The van der Waals surface area contributed by atoms with Gasteiger partial charge in [-0.3, -0.25) is 0 Å². The van der Waals surface area contributed by atoms with Crippen molar-refractivity contribution in [2.75, 3.05) is 13.1 Å². The Morgan fingerprint density at radius 3 is 2.83 bits per heavy atom. The zero-order valence-corrected chi connectivity index (χ0v) is 6.97. The number of carboxylic acids is 1. The summed E-state index contributed by atoms with van der Waals surface area (Å²) >= 11 is 0. The van der Waals surface area contributed by atoms with Gasteiger partial charge in [0.15, 0.2) is 0 Å². The molecule has 66 valence electrons. The van der Waals surface area contributed by atoms with Crippen molar-refractivity contribution in [2.45, 2.75) is 12.8 Å². The number of nitrogens with one attached hydrogen (secondary N) is 1. The van der Waals surface area contributed by atoms with Gasteiger partial charge < -0.3 is 10.4 Å². The van der Waals surface area contributed by atoms with Gasteiger partial charge in [0.2, 0.25) is 0 Å². The molecule has 0 saturated carbocycles. The maximum atomic E-state index is 10.7. The number of piperidine rings is 1. The summed E-state index contributed by atoms with van der Waals surface area (Å²) in [5, 5.41) is 11.9. The Hall–Kier alpha value is -1.05. The van der Waals surface area contributed by atoms with Gasteiger partial charge in [-0.05, 0) is 19.4 Å². The summed E-state index contributed by atoms with van der Waals surface area (Å²) in [6.45, 7) is 5.11. The molecule has 1 unspecified atom stereocenters. The largest absolute Gasteiger partial charge is 0.477 e. The fourth-order valence-electron chi connectivity index (χ4n) is 1.49. The lowest BCUT2D eigenvalue weighted by Crippen LogP contribution is -2.32. The van der Waals surface area contributed by atoms with Gasteiger partial charge in [0.05, 0.1) is 5.57 Å². The van der Waals surface area contributed by atoms with Crippen molar-refractivity contribution in [1.82, 2.24) is 5.32 Å². The highest BCUT2D eigenvalue weighted by Crippen LogP contribution is 2.18. The minimum atomic E-state index is -0.890. The smallest absolute Gasteiger partial charge is 0.339 e. The van der Waals surface area contributed by atoms with Gasteiger partial charge >= 0.3 is 5.97 Å². The third kappa shape index (κ3) is 1.97. The molecule has 1 saturated heterocycles.